The van der Waals surface area contributed by atoms with Gasteiger partial charge in [0.05, 0.1) is 4.92 Å². The molecule has 7 nitrogen and oxygen atoms in total. The topological polar surface area (TPSA) is 96.6 Å². The van der Waals surface area contributed by atoms with Crippen molar-refractivity contribution in [2.45, 2.75) is 38.1 Å². The van der Waals surface area contributed by atoms with Gasteiger partial charge in [-0.25, -0.2) is 4.98 Å². The van der Waals surface area contributed by atoms with E-state index >= 15 is 0 Å². The summed E-state index contributed by atoms with van der Waals surface area (Å²) in [7, 11) is 0. The average molecular weight is 279 g/mol. The lowest BCUT2D eigenvalue weighted by Crippen LogP contribution is -2.40. The summed E-state index contributed by atoms with van der Waals surface area (Å²) in [6.45, 7) is 0.683. The number of hydrogen-bond acceptors (Lipinski definition) is 5. The number of rotatable bonds is 5. The first-order valence-electron chi connectivity index (χ1n) is 6.67. The van der Waals surface area contributed by atoms with Crippen molar-refractivity contribution in [2.24, 2.45) is 0 Å². The Bertz CT molecular complexity index is 506. The fourth-order valence-electron chi connectivity index (χ4n) is 2.62. The number of carbonyl (C=O) groups is 1. The number of piperidine rings is 1. The molecule has 1 aliphatic heterocycles. The van der Waals surface area contributed by atoms with Crippen LogP contribution in [0.1, 0.15) is 32.1 Å². The van der Waals surface area contributed by atoms with Crippen molar-refractivity contribution in [3.8, 4) is 0 Å². The minimum atomic E-state index is -0.842. The normalized spacial score (nSPS) is 18.8. The number of carboxylic acid groups (broad SMARTS) is 1. The Hall–Kier alpha value is -2.18. The molecule has 0 radical (unpaired) electrons. The van der Waals surface area contributed by atoms with Gasteiger partial charge in [0.1, 0.15) is 0 Å². The molecule has 0 amide bonds. The van der Waals surface area contributed by atoms with Gasteiger partial charge in [0.15, 0.2) is 0 Å². The summed E-state index contributed by atoms with van der Waals surface area (Å²) in [5.41, 5.74) is -0.0188. The maximum absolute atomic E-state index is 11.1. The maximum atomic E-state index is 11.1. The second kappa shape index (κ2) is 6.31. The Balaban J connectivity index is 2.23. The van der Waals surface area contributed by atoms with Crippen LogP contribution < -0.4 is 4.90 Å². The fourth-order valence-corrected chi connectivity index (χ4v) is 2.62. The summed E-state index contributed by atoms with van der Waals surface area (Å²) >= 11 is 0. The fraction of sp³-hybridized carbons (Fsp3) is 0.538. The second-order valence-corrected chi connectivity index (χ2v) is 4.88. The molecule has 1 aromatic heterocycles. The average Bonchev–Trinajstić information content (AvgIpc) is 2.45. The lowest BCUT2D eigenvalue weighted by Gasteiger charge is -2.36. The molecule has 0 spiro atoms. The van der Waals surface area contributed by atoms with Crippen molar-refractivity contribution in [3.63, 3.8) is 0 Å². The first-order valence-corrected chi connectivity index (χ1v) is 6.67. The molecule has 0 bridgehead atoms. The zero-order chi connectivity index (χ0) is 14.5. The molecule has 1 N–H and O–H groups in total. The summed E-state index contributed by atoms with van der Waals surface area (Å²) in [6.07, 6.45) is 4.90. The highest BCUT2D eigenvalue weighted by Gasteiger charge is 2.29. The van der Waals surface area contributed by atoms with Crippen molar-refractivity contribution < 1.29 is 14.8 Å². The molecule has 108 valence electrons. The zero-order valence-electron chi connectivity index (χ0n) is 11.1. The number of hydrogen-bond donors (Lipinski definition) is 1. The van der Waals surface area contributed by atoms with Crippen LogP contribution in [0.4, 0.5) is 11.5 Å². The van der Waals surface area contributed by atoms with Crippen LogP contribution in [0.2, 0.25) is 0 Å². The van der Waals surface area contributed by atoms with E-state index in [0.717, 1.165) is 19.3 Å². The van der Waals surface area contributed by atoms with Gasteiger partial charge in [-0.15, -0.1) is 0 Å². The second-order valence-electron chi connectivity index (χ2n) is 4.88. The van der Waals surface area contributed by atoms with E-state index in [1.165, 1.54) is 18.3 Å². The van der Waals surface area contributed by atoms with Crippen LogP contribution in [-0.4, -0.2) is 33.6 Å². The molecule has 0 aliphatic carbocycles. The van der Waals surface area contributed by atoms with Crippen LogP contribution in [-0.2, 0) is 4.79 Å². The predicted octanol–water partition coefficient (Wildman–Crippen LogP) is 2.21. The molecule has 0 saturated carbocycles. The van der Waals surface area contributed by atoms with E-state index in [-0.39, 0.29) is 18.2 Å². The molecule has 2 rings (SSSR count). The molecule has 2 heterocycles. The van der Waals surface area contributed by atoms with E-state index in [2.05, 4.69) is 4.98 Å². The van der Waals surface area contributed by atoms with Gasteiger partial charge < -0.3 is 10.0 Å². The van der Waals surface area contributed by atoms with E-state index in [9.17, 15) is 14.9 Å². The highest BCUT2D eigenvalue weighted by atomic mass is 16.6. The van der Waals surface area contributed by atoms with Gasteiger partial charge in [-0.3, -0.25) is 14.9 Å². The van der Waals surface area contributed by atoms with Crippen LogP contribution in [0.15, 0.2) is 18.3 Å². The Morgan fingerprint density at radius 3 is 3.05 bits per heavy atom. The number of pyridine rings is 1. The smallest absolute Gasteiger partial charge is 0.311 e. The van der Waals surface area contributed by atoms with Crippen molar-refractivity contribution in [1.82, 2.24) is 4.98 Å². The Kier molecular flexibility index (Phi) is 4.49. The van der Waals surface area contributed by atoms with Crippen molar-refractivity contribution in [1.29, 1.82) is 0 Å². The SMILES string of the molecule is O=C(O)CCC1CCCCN1c1ncccc1[N+](=O)[O-]. The van der Waals surface area contributed by atoms with E-state index in [0.29, 0.717) is 18.8 Å². The van der Waals surface area contributed by atoms with E-state index in [4.69, 9.17) is 5.11 Å². The third-order valence-corrected chi connectivity index (χ3v) is 3.55. The summed E-state index contributed by atoms with van der Waals surface area (Å²) < 4.78 is 0. The standard InChI is InChI=1S/C13H17N3O4/c17-12(18)7-6-10-4-1-2-9-15(10)13-11(16(19)20)5-3-8-14-13/h3,5,8,10H,1-2,4,6-7,9H2,(H,17,18). The van der Waals surface area contributed by atoms with Crippen LogP contribution in [0.3, 0.4) is 0 Å². The minimum Gasteiger partial charge on any atom is -0.481 e. The molecule has 7 heteroatoms. The predicted molar refractivity (Wildman–Crippen MR) is 72.7 cm³/mol. The van der Waals surface area contributed by atoms with Gasteiger partial charge in [-0.05, 0) is 31.7 Å². The van der Waals surface area contributed by atoms with E-state index < -0.39 is 10.9 Å². The van der Waals surface area contributed by atoms with Gasteiger partial charge in [0, 0.05) is 31.3 Å². The van der Waals surface area contributed by atoms with Crippen LogP contribution in [0.25, 0.3) is 0 Å². The highest BCUT2D eigenvalue weighted by Crippen LogP contribution is 2.31. The van der Waals surface area contributed by atoms with E-state index in [1.54, 1.807) is 0 Å². The summed E-state index contributed by atoms with van der Waals surface area (Å²) in [6, 6.07) is 2.98. The van der Waals surface area contributed by atoms with E-state index in [1.807, 2.05) is 4.90 Å². The molecule has 20 heavy (non-hydrogen) atoms. The molecule has 1 aromatic rings. The molecule has 1 saturated heterocycles. The number of aliphatic carboxylic acids is 1. The third-order valence-electron chi connectivity index (χ3n) is 3.55. The van der Waals surface area contributed by atoms with Crippen molar-refractivity contribution >= 4 is 17.5 Å². The molecule has 1 atom stereocenters. The Labute approximate surface area is 116 Å². The molecule has 1 unspecified atom stereocenters. The van der Waals surface area contributed by atoms with Crippen LogP contribution >= 0.6 is 0 Å². The largest absolute Gasteiger partial charge is 0.481 e. The van der Waals surface area contributed by atoms with Gasteiger partial charge in [-0.2, -0.15) is 0 Å². The quantitative estimate of drug-likeness (QED) is 0.655. The minimum absolute atomic E-state index is 0.00782. The Morgan fingerprint density at radius 1 is 1.55 bits per heavy atom. The molecule has 0 aromatic carbocycles. The van der Waals surface area contributed by atoms with Gasteiger partial charge >= 0.3 is 11.7 Å². The molecule has 1 aliphatic rings. The van der Waals surface area contributed by atoms with Crippen molar-refractivity contribution in [3.05, 3.63) is 28.4 Å². The summed E-state index contributed by atoms with van der Waals surface area (Å²) in [5.74, 6) is -0.487. The number of carboxylic acids is 1. The van der Waals surface area contributed by atoms with Crippen LogP contribution in [0.5, 0.6) is 0 Å². The van der Waals surface area contributed by atoms with Gasteiger partial charge in [0.25, 0.3) is 0 Å². The Morgan fingerprint density at radius 2 is 2.35 bits per heavy atom. The van der Waals surface area contributed by atoms with Gasteiger partial charge in [-0.1, -0.05) is 0 Å². The maximum Gasteiger partial charge on any atom is 0.311 e. The molecular weight excluding hydrogens is 262 g/mol. The molecule has 1 fully saturated rings. The monoisotopic (exact) mass is 279 g/mol. The number of aromatic nitrogens is 1. The summed E-state index contributed by atoms with van der Waals surface area (Å²) in [5, 5.41) is 19.9. The van der Waals surface area contributed by atoms with Crippen LogP contribution in [0, 0.1) is 10.1 Å². The number of nitrogens with zero attached hydrogens (tertiary/aromatic N) is 3. The molecular formula is C13H17N3O4. The number of nitro groups is 1. The first-order chi connectivity index (χ1) is 9.59. The lowest BCUT2D eigenvalue weighted by molar-refractivity contribution is -0.384. The highest BCUT2D eigenvalue weighted by molar-refractivity contribution is 5.67. The lowest BCUT2D eigenvalue weighted by atomic mass is 9.97. The third kappa shape index (κ3) is 3.23. The van der Waals surface area contributed by atoms with Gasteiger partial charge in [0.2, 0.25) is 5.82 Å². The first kappa shape index (κ1) is 14.2. The summed E-state index contributed by atoms with van der Waals surface area (Å²) in [4.78, 5) is 27.4. The zero-order valence-corrected chi connectivity index (χ0v) is 11.1. The van der Waals surface area contributed by atoms with Crippen molar-refractivity contribution in [2.75, 3.05) is 11.4 Å². The number of anilines is 1.